The van der Waals surface area contributed by atoms with Crippen LogP contribution >= 0.6 is 0 Å². The molecule has 0 N–H and O–H groups in total. The Balaban J connectivity index is 1.12. The zero-order chi connectivity index (χ0) is 33.2. The normalized spacial score (nSPS) is 12.2. The molecule has 232 valence electrons. The maximum absolute atomic E-state index is 5.08. The van der Waals surface area contributed by atoms with Crippen molar-refractivity contribution in [3.05, 3.63) is 206 Å². The number of hydrogen-bond acceptors (Lipinski definition) is 1. The van der Waals surface area contributed by atoms with Gasteiger partial charge in [0.2, 0.25) is 0 Å². The molecule has 1 nitrogen and oxygen atoms in total. The molecule has 0 aliphatic heterocycles. The van der Waals surface area contributed by atoms with Crippen molar-refractivity contribution in [3.8, 4) is 44.5 Å². The molecule has 7 aromatic rings. The third kappa shape index (κ3) is 5.77. The van der Waals surface area contributed by atoms with Gasteiger partial charge in [-0.1, -0.05) is 176 Å². The summed E-state index contributed by atoms with van der Waals surface area (Å²) in [4.78, 5) is 5.08. The van der Waals surface area contributed by atoms with Crippen LogP contribution in [0.1, 0.15) is 23.1 Å². The van der Waals surface area contributed by atoms with Crippen LogP contribution in [-0.2, 0) is 0 Å². The highest BCUT2D eigenvalue weighted by Gasteiger charge is 2.22. The number of hydrogen-bond donors (Lipinski definition) is 0. The second-order valence-electron chi connectivity index (χ2n) is 12.4. The first-order valence-electron chi connectivity index (χ1n) is 16.7. The molecule has 1 heteroatoms. The Kier molecular flexibility index (Phi) is 8.01. The average Bonchev–Trinajstić information content (AvgIpc) is 3.50. The Bertz CT molecular complexity index is 2360. The van der Waals surface area contributed by atoms with Gasteiger partial charge in [-0.3, -0.25) is 0 Å². The topological polar surface area (TPSA) is 12.4 Å². The van der Waals surface area contributed by atoms with Crippen LogP contribution in [0, 0.1) is 0 Å². The standard InChI is InChI=1S/C48H35N/c1-3-13-40(35-16-8-5-9-17-35)32-47(49-33(2)34-14-6-4-7-15-34)39-28-24-37(25-29-39)36-22-26-38(27-23-36)41-30-31-46-43-19-11-10-18-42(43)45-21-12-20-44(41)48(45)46/h3-12,14-32H,1-2,13H2/b40-32+,49-47+. The van der Waals surface area contributed by atoms with Gasteiger partial charge in [-0.2, -0.15) is 0 Å². The van der Waals surface area contributed by atoms with Crippen LogP contribution in [-0.4, -0.2) is 5.71 Å². The average molecular weight is 626 g/mol. The SMILES string of the molecule is C=CC/C(=C\C(=N/C(=C)c1ccccc1)c1ccc(-c2ccc(-c3ccc4c5c(cccc35)-c3ccccc3-4)cc2)cc1)c1ccccc1. The summed E-state index contributed by atoms with van der Waals surface area (Å²) < 4.78 is 0. The Morgan fingerprint density at radius 2 is 1.00 bits per heavy atom. The third-order valence-electron chi connectivity index (χ3n) is 9.44. The molecule has 0 aromatic heterocycles. The molecule has 49 heavy (non-hydrogen) atoms. The molecular formula is C48H35N. The van der Waals surface area contributed by atoms with Gasteiger partial charge in [-0.15, -0.1) is 6.58 Å². The van der Waals surface area contributed by atoms with E-state index in [0.717, 1.165) is 45.7 Å². The van der Waals surface area contributed by atoms with E-state index < -0.39 is 0 Å². The first-order chi connectivity index (χ1) is 24.2. The molecule has 0 heterocycles. The van der Waals surface area contributed by atoms with Gasteiger partial charge in [-0.25, -0.2) is 4.99 Å². The summed E-state index contributed by atoms with van der Waals surface area (Å²) in [5.74, 6) is 0. The summed E-state index contributed by atoms with van der Waals surface area (Å²) in [6.45, 7) is 8.34. The van der Waals surface area contributed by atoms with Gasteiger partial charge in [0, 0.05) is 5.56 Å². The van der Waals surface area contributed by atoms with Crippen molar-refractivity contribution < 1.29 is 0 Å². The van der Waals surface area contributed by atoms with Gasteiger partial charge in [0.25, 0.3) is 0 Å². The van der Waals surface area contributed by atoms with E-state index in [1.54, 1.807) is 0 Å². The van der Waals surface area contributed by atoms with E-state index in [1.807, 2.05) is 42.5 Å². The lowest BCUT2D eigenvalue weighted by molar-refractivity contribution is 1.40. The lowest BCUT2D eigenvalue weighted by Gasteiger charge is -2.12. The lowest BCUT2D eigenvalue weighted by Crippen LogP contribution is -2.00. The second-order valence-corrected chi connectivity index (χ2v) is 12.4. The minimum Gasteiger partial charge on any atom is -0.248 e. The molecule has 8 rings (SSSR count). The molecule has 0 spiro atoms. The van der Waals surface area contributed by atoms with Crippen molar-refractivity contribution in [2.45, 2.75) is 6.42 Å². The minimum absolute atomic E-state index is 0.726. The smallest absolute Gasteiger partial charge is 0.0712 e. The Morgan fingerprint density at radius 3 is 1.65 bits per heavy atom. The fourth-order valence-electron chi connectivity index (χ4n) is 6.99. The van der Waals surface area contributed by atoms with Gasteiger partial charge in [0.1, 0.15) is 0 Å². The van der Waals surface area contributed by atoms with Crippen molar-refractivity contribution in [2.75, 3.05) is 0 Å². The maximum Gasteiger partial charge on any atom is 0.0712 e. The number of allylic oxidation sites excluding steroid dienone is 3. The van der Waals surface area contributed by atoms with Gasteiger partial charge in [0.15, 0.2) is 0 Å². The molecule has 0 unspecified atom stereocenters. The van der Waals surface area contributed by atoms with E-state index in [9.17, 15) is 0 Å². The summed E-state index contributed by atoms with van der Waals surface area (Å²) in [5.41, 5.74) is 16.0. The lowest BCUT2D eigenvalue weighted by atomic mass is 9.93. The molecular weight excluding hydrogens is 591 g/mol. The van der Waals surface area contributed by atoms with Crippen molar-refractivity contribution in [1.29, 1.82) is 0 Å². The van der Waals surface area contributed by atoms with Crippen molar-refractivity contribution in [2.24, 2.45) is 4.99 Å². The quantitative estimate of drug-likeness (QED) is 0.112. The molecule has 0 atom stereocenters. The molecule has 0 saturated carbocycles. The predicted octanol–water partition coefficient (Wildman–Crippen LogP) is 12.9. The summed E-state index contributed by atoms with van der Waals surface area (Å²) in [6.07, 6.45) is 4.85. The van der Waals surface area contributed by atoms with Gasteiger partial charge >= 0.3 is 0 Å². The molecule has 0 saturated heterocycles. The van der Waals surface area contributed by atoms with Crippen molar-refractivity contribution in [3.63, 3.8) is 0 Å². The molecule has 7 aromatic carbocycles. The van der Waals surface area contributed by atoms with Crippen LogP contribution in [0.4, 0.5) is 0 Å². The first kappa shape index (κ1) is 30.1. The van der Waals surface area contributed by atoms with Crippen LogP contribution in [0.5, 0.6) is 0 Å². The summed E-state index contributed by atoms with van der Waals surface area (Å²) in [6, 6.07) is 58.2. The zero-order valence-corrected chi connectivity index (χ0v) is 27.3. The minimum atomic E-state index is 0.726. The number of nitrogens with zero attached hydrogens (tertiary/aromatic N) is 1. The van der Waals surface area contributed by atoms with E-state index in [1.165, 1.54) is 49.7 Å². The zero-order valence-electron chi connectivity index (χ0n) is 27.3. The van der Waals surface area contributed by atoms with E-state index in [4.69, 9.17) is 4.99 Å². The van der Waals surface area contributed by atoms with E-state index in [0.29, 0.717) is 0 Å². The molecule has 1 aliphatic rings. The summed E-state index contributed by atoms with van der Waals surface area (Å²) in [7, 11) is 0. The van der Waals surface area contributed by atoms with Crippen LogP contribution in [0.3, 0.4) is 0 Å². The number of fused-ring (bicyclic) bond motifs is 3. The second kappa shape index (κ2) is 13.1. The molecule has 1 aliphatic carbocycles. The summed E-state index contributed by atoms with van der Waals surface area (Å²) in [5, 5.41) is 2.65. The van der Waals surface area contributed by atoms with Gasteiger partial charge in [-0.05, 0) is 84.5 Å². The number of benzene rings is 7. The fraction of sp³-hybridized carbons (Fsp3) is 0.0208. The Labute approximate surface area is 288 Å². The molecule has 0 amide bonds. The first-order valence-corrected chi connectivity index (χ1v) is 16.7. The van der Waals surface area contributed by atoms with Crippen LogP contribution in [0.15, 0.2) is 194 Å². The predicted molar refractivity (Wildman–Crippen MR) is 210 cm³/mol. The summed E-state index contributed by atoms with van der Waals surface area (Å²) >= 11 is 0. The van der Waals surface area contributed by atoms with E-state index in [2.05, 4.69) is 147 Å². The fourth-order valence-corrected chi connectivity index (χ4v) is 6.99. The van der Waals surface area contributed by atoms with Crippen LogP contribution in [0.25, 0.3) is 66.6 Å². The number of rotatable bonds is 9. The number of aliphatic imine (C=N–C) groups is 1. The van der Waals surface area contributed by atoms with Crippen molar-refractivity contribution in [1.82, 2.24) is 0 Å². The van der Waals surface area contributed by atoms with Crippen molar-refractivity contribution >= 4 is 27.8 Å². The molecule has 0 fully saturated rings. The van der Waals surface area contributed by atoms with Gasteiger partial charge in [0.05, 0.1) is 11.4 Å². The highest BCUT2D eigenvalue weighted by atomic mass is 14.8. The van der Waals surface area contributed by atoms with E-state index in [-0.39, 0.29) is 0 Å². The van der Waals surface area contributed by atoms with Crippen LogP contribution < -0.4 is 0 Å². The maximum atomic E-state index is 5.08. The largest absolute Gasteiger partial charge is 0.248 e. The highest BCUT2D eigenvalue weighted by Crippen LogP contribution is 2.49. The Morgan fingerprint density at radius 1 is 0.469 bits per heavy atom. The molecule has 0 radical (unpaired) electrons. The van der Waals surface area contributed by atoms with Crippen LogP contribution in [0.2, 0.25) is 0 Å². The monoisotopic (exact) mass is 625 g/mol. The van der Waals surface area contributed by atoms with Gasteiger partial charge < -0.3 is 0 Å². The highest BCUT2D eigenvalue weighted by molar-refractivity contribution is 6.18. The third-order valence-corrected chi connectivity index (χ3v) is 9.44. The Hall–Kier alpha value is -6.31. The molecule has 0 bridgehead atoms. The van der Waals surface area contributed by atoms with E-state index >= 15 is 0 Å².